The maximum absolute atomic E-state index is 12.6. The van der Waals surface area contributed by atoms with Gasteiger partial charge < -0.3 is 14.5 Å². The lowest BCUT2D eigenvalue weighted by Gasteiger charge is -2.13. The van der Waals surface area contributed by atoms with Gasteiger partial charge in [0, 0.05) is 6.54 Å². The molecule has 1 atom stereocenters. The van der Waals surface area contributed by atoms with E-state index in [1.165, 1.54) is 31.4 Å². The van der Waals surface area contributed by atoms with Gasteiger partial charge in [-0.1, -0.05) is 0 Å². The van der Waals surface area contributed by atoms with Crippen molar-refractivity contribution in [1.82, 2.24) is 15.5 Å². The van der Waals surface area contributed by atoms with Crippen LogP contribution in [0.25, 0.3) is 0 Å². The minimum Gasteiger partial charge on any atom is -0.467 e. The summed E-state index contributed by atoms with van der Waals surface area (Å²) >= 11 is 0. The first kappa shape index (κ1) is 20.8. The average molecular weight is 413 g/mol. The number of carbonyl (C=O) groups is 5. The number of rotatable bonds is 6. The van der Waals surface area contributed by atoms with Gasteiger partial charge in [-0.2, -0.15) is 0 Å². The summed E-state index contributed by atoms with van der Waals surface area (Å²) in [5.74, 6) is -2.30. The van der Waals surface area contributed by atoms with Crippen molar-refractivity contribution in [2.75, 3.05) is 6.54 Å². The molecule has 2 aromatic rings. The van der Waals surface area contributed by atoms with Crippen molar-refractivity contribution < 1.29 is 33.1 Å². The third-order valence-electron chi connectivity index (χ3n) is 4.33. The Labute approximate surface area is 171 Å². The Morgan fingerprint density at radius 2 is 1.87 bits per heavy atom. The van der Waals surface area contributed by atoms with Gasteiger partial charge in [-0.3, -0.25) is 24.6 Å². The van der Waals surface area contributed by atoms with E-state index in [-0.39, 0.29) is 23.2 Å². The number of hydrogen-bond donors (Lipinski definition) is 2. The molecular weight excluding hydrogens is 394 g/mol. The molecule has 1 aliphatic heterocycles. The quantitative estimate of drug-likeness (QED) is 0.541. The molecule has 0 aliphatic carbocycles. The highest BCUT2D eigenvalue weighted by Crippen LogP contribution is 2.26. The van der Waals surface area contributed by atoms with Gasteiger partial charge in [0.1, 0.15) is 5.76 Å². The summed E-state index contributed by atoms with van der Waals surface area (Å²) in [6.45, 7) is 3.28. The molecule has 1 aromatic carbocycles. The van der Waals surface area contributed by atoms with E-state index in [4.69, 9.17) is 9.15 Å². The van der Waals surface area contributed by atoms with Gasteiger partial charge in [0.25, 0.3) is 17.7 Å². The van der Waals surface area contributed by atoms with Crippen LogP contribution in [-0.2, 0) is 16.1 Å². The standard InChI is InChI=1S/C20H19N3O7/c1-3-21-20(28)22-16(24)11(2)30-19(27)12-6-7-14-15(9-12)18(26)23(17(14)25)10-13-5-4-8-29-13/h4-9,11H,3,10H2,1-2H3,(H2,21,22,24,28). The molecular formula is C20H19N3O7. The van der Waals surface area contributed by atoms with Crippen molar-refractivity contribution in [1.29, 1.82) is 0 Å². The van der Waals surface area contributed by atoms with Gasteiger partial charge in [-0.05, 0) is 44.2 Å². The molecule has 0 saturated heterocycles. The van der Waals surface area contributed by atoms with Crippen molar-refractivity contribution in [3.63, 3.8) is 0 Å². The number of nitrogens with zero attached hydrogens (tertiary/aromatic N) is 1. The smallest absolute Gasteiger partial charge is 0.338 e. The van der Waals surface area contributed by atoms with Gasteiger partial charge in [-0.25, -0.2) is 9.59 Å². The van der Waals surface area contributed by atoms with Crippen LogP contribution in [0, 0.1) is 0 Å². The van der Waals surface area contributed by atoms with Crippen LogP contribution < -0.4 is 10.6 Å². The van der Waals surface area contributed by atoms with E-state index in [0.29, 0.717) is 12.3 Å². The Bertz CT molecular complexity index is 1010. The second-order valence-corrected chi connectivity index (χ2v) is 6.43. The SMILES string of the molecule is CCNC(=O)NC(=O)C(C)OC(=O)c1ccc2c(c1)C(=O)N(Cc1ccco1)C2=O. The first-order chi connectivity index (χ1) is 14.3. The highest BCUT2D eigenvalue weighted by Gasteiger charge is 2.36. The molecule has 5 amide bonds. The molecule has 156 valence electrons. The summed E-state index contributed by atoms with van der Waals surface area (Å²) in [6.07, 6.45) is 0.186. The summed E-state index contributed by atoms with van der Waals surface area (Å²) in [7, 11) is 0. The predicted molar refractivity (Wildman–Crippen MR) is 101 cm³/mol. The van der Waals surface area contributed by atoms with Crippen molar-refractivity contribution in [3.05, 3.63) is 59.0 Å². The van der Waals surface area contributed by atoms with Crippen LogP contribution in [0.3, 0.4) is 0 Å². The highest BCUT2D eigenvalue weighted by atomic mass is 16.5. The Balaban J connectivity index is 1.69. The number of carbonyl (C=O) groups excluding carboxylic acids is 5. The van der Waals surface area contributed by atoms with E-state index in [1.54, 1.807) is 19.1 Å². The molecule has 1 aromatic heterocycles. The van der Waals surface area contributed by atoms with E-state index in [2.05, 4.69) is 5.32 Å². The number of furan rings is 1. The fourth-order valence-corrected chi connectivity index (χ4v) is 2.82. The number of hydrogen-bond acceptors (Lipinski definition) is 7. The number of benzene rings is 1. The molecule has 0 bridgehead atoms. The van der Waals surface area contributed by atoms with Crippen LogP contribution >= 0.6 is 0 Å². The van der Waals surface area contributed by atoms with Crippen molar-refractivity contribution in [3.8, 4) is 0 Å². The molecule has 1 unspecified atom stereocenters. The van der Waals surface area contributed by atoms with E-state index in [1.807, 2.05) is 5.32 Å². The fourth-order valence-electron chi connectivity index (χ4n) is 2.82. The minimum absolute atomic E-state index is 0.00703. The van der Waals surface area contributed by atoms with Crippen LogP contribution in [-0.4, -0.2) is 47.3 Å². The molecule has 10 heteroatoms. The largest absolute Gasteiger partial charge is 0.467 e. The fraction of sp³-hybridized carbons (Fsp3) is 0.250. The van der Waals surface area contributed by atoms with Gasteiger partial charge in [0.15, 0.2) is 6.10 Å². The number of urea groups is 1. The number of fused-ring (bicyclic) bond motifs is 1. The van der Waals surface area contributed by atoms with Crippen molar-refractivity contribution in [2.45, 2.75) is 26.5 Å². The highest BCUT2D eigenvalue weighted by molar-refractivity contribution is 6.21. The van der Waals surface area contributed by atoms with Crippen LogP contribution in [0.4, 0.5) is 4.79 Å². The van der Waals surface area contributed by atoms with Crippen LogP contribution in [0.5, 0.6) is 0 Å². The normalized spacial score (nSPS) is 13.6. The second kappa shape index (κ2) is 8.60. The lowest BCUT2D eigenvalue weighted by atomic mass is 10.1. The van der Waals surface area contributed by atoms with Crippen LogP contribution in [0.2, 0.25) is 0 Å². The zero-order valence-corrected chi connectivity index (χ0v) is 16.3. The molecule has 0 spiro atoms. The summed E-state index contributed by atoms with van der Waals surface area (Å²) in [5, 5.41) is 4.42. The summed E-state index contributed by atoms with van der Waals surface area (Å²) < 4.78 is 10.2. The lowest BCUT2D eigenvalue weighted by Crippen LogP contribution is -2.44. The molecule has 1 aliphatic rings. The summed E-state index contributed by atoms with van der Waals surface area (Å²) in [5.41, 5.74) is 0.206. The zero-order chi connectivity index (χ0) is 21.8. The molecule has 30 heavy (non-hydrogen) atoms. The van der Waals surface area contributed by atoms with Gasteiger partial charge in [0.05, 0.1) is 29.5 Å². The third-order valence-corrected chi connectivity index (χ3v) is 4.33. The van der Waals surface area contributed by atoms with Crippen LogP contribution in [0.15, 0.2) is 41.0 Å². The summed E-state index contributed by atoms with van der Waals surface area (Å²) in [4.78, 5) is 61.8. The third kappa shape index (κ3) is 4.22. The lowest BCUT2D eigenvalue weighted by molar-refractivity contribution is -0.127. The van der Waals surface area contributed by atoms with E-state index < -0.39 is 35.8 Å². The van der Waals surface area contributed by atoms with E-state index in [9.17, 15) is 24.0 Å². The van der Waals surface area contributed by atoms with Gasteiger partial charge in [-0.15, -0.1) is 0 Å². The monoisotopic (exact) mass is 413 g/mol. The predicted octanol–water partition coefficient (Wildman–Crippen LogP) is 1.47. The molecule has 10 nitrogen and oxygen atoms in total. The Morgan fingerprint density at radius 3 is 2.53 bits per heavy atom. The second-order valence-electron chi connectivity index (χ2n) is 6.43. The van der Waals surface area contributed by atoms with Crippen molar-refractivity contribution in [2.24, 2.45) is 0 Å². The molecule has 0 radical (unpaired) electrons. The van der Waals surface area contributed by atoms with Gasteiger partial charge >= 0.3 is 12.0 Å². The Hall–Kier alpha value is -3.95. The number of esters is 1. The maximum atomic E-state index is 12.6. The van der Waals surface area contributed by atoms with Crippen LogP contribution in [0.1, 0.15) is 50.7 Å². The van der Waals surface area contributed by atoms with E-state index in [0.717, 1.165) is 4.90 Å². The Morgan fingerprint density at radius 1 is 1.13 bits per heavy atom. The maximum Gasteiger partial charge on any atom is 0.338 e. The first-order valence-electron chi connectivity index (χ1n) is 9.14. The molecule has 0 fully saturated rings. The number of nitrogens with one attached hydrogen (secondary N) is 2. The topological polar surface area (TPSA) is 135 Å². The zero-order valence-electron chi connectivity index (χ0n) is 16.3. The van der Waals surface area contributed by atoms with Crippen molar-refractivity contribution >= 4 is 29.7 Å². The first-order valence-corrected chi connectivity index (χ1v) is 9.14. The number of imide groups is 2. The Kier molecular flexibility index (Phi) is 5.95. The van der Waals surface area contributed by atoms with E-state index >= 15 is 0 Å². The summed E-state index contributed by atoms with van der Waals surface area (Å²) in [6, 6.07) is 6.51. The number of ether oxygens (including phenoxy) is 1. The molecule has 2 N–H and O–H groups in total. The molecule has 3 rings (SSSR count). The molecule has 2 heterocycles. The molecule has 0 saturated carbocycles. The number of amides is 5. The average Bonchev–Trinajstić information content (AvgIpc) is 3.31. The van der Waals surface area contributed by atoms with Gasteiger partial charge in [0.2, 0.25) is 0 Å². The minimum atomic E-state index is -1.25.